The van der Waals surface area contributed by atoms with E-state index in [-0.39, 0.29) is 22.9 Å². The van der Waals surface area contributed by atoms with E-state index >= 15 is 4.39 Å². The number of benzene rings is 2. The lowest BCUT2D eigenvalue weighted by Gasteiger charge is -2.41. The smallest absolute Gasteiger partial charge is 0.172 e. The SMILES string of the molecule is COc1ccc2ncc(Cl)c([C@H](F)CCC3(CO)CCN(CCSc4cc(F)cc(F)c4F)CC3)c2c1. The minimum Gasteiger partial charge on any atom is -0.497 e. The maximum absolute atomic E-state index is 15.6. The molecule has 1 atom stereocenters. The number of likely N-dealkylation sites (tertiary alicyclic amines) is 1. The van der Waals surface area contributed by atoms with E-state index in [0.717, 1.165) is 17.8 Å². The first-order valence-electron chi connectivity index (χ1n) is 12.1. The molecule has 37 heavy (non-hydrogen) atoms. The summed E-state index contributed by atoms with van der Waals surface area (Å²) in [5.74, 6) is -1.98. The van der Waals surface area contributed by atoms with E-state index in [0.29, 0.717) is 72.9 Å². The molecule has 10 heteroatoms. The predicted octanol–water partition coefficient (Wildman–Crippen LogP) is 6.97. The molecule has 0 amide bonds. The molecule has 0 saturated carbocycles. The van der Waals surface area contributed by atoms with Gasteiger partial charge in [0.15, 0.2) is 11.6 Å². The van der Waals surface area contributed by atoms with Crippen molar-refractivity contribution >= 4 is 34.3 Å². The van der Waals surface area contributed by atoms with Crippen molar-refractivity contribution in [2.45, 2.75) is 36.8 Å². The summed E-state index contributed by atoms with van der Waals surface area (Å²) in [5.41, 5.74) is 0.611. The standard InChI is InChI=1S/C27H29ClF4N2O2S/c1-36-18-2-3-23-19(14-18)25(20(28)15-33-23)21(30)4-5-27(16-35)6-8-34(9-7-27)10-11-37-24-13-17(29)12-22(31)26(24)32/h2-3,12-15,21,35H,4-11,16H2,1H3/t21-/m1/s1. The Hall–Kier alpha value is -2.07. The van der Waals surface area contributed by atoms with E-state index in [9.17, 15) is 18.3 Å². The third-order valence-electron chi connectivity index (χ3n) is 7.19. The summed E-state index contributed by atoms with van der Waals surface area (Å²) in [7, 11) is 1.54. The van der Waals surface area contributed by atoms with Gasteiger partial charge in [0.2, 0.25) is 0 Å². The van der Waals surface area contributed by atoms with Gasteiger partial charge in [-0.3, -0.25) is 4.98 Å². The molecule has 1 aliphatic rings. The molecule has 0 aliphatic carbocycles. The molecule has 1 aromatic heterocycles. The third kappa shape index (κ3) is 6.50. The summed E-state index contributed by atoms with van der Waals surface area (Å²) < 4.78 is 61.5. The van der Waals surface area contributed by atoms with Gasteiger partial charge in [-0.1, -0.05) is 11.6 Å². The summed E-state index contributed by atoms with van der Waals surface area (Å²) in [5, 5.41) is 11.1. The molecule has 0 unspecified atom stereocenters. The van der Waals surface area contributed by atoms with Gasteiger partial charge in [0, 0.05) is 47.0 Å². The van der Waals surface area contributed by atoms with Crippen LogP contribution in [0, 0.1) is 22.9 Å². The molecule has 1 N–H and O–H groups in total. The van der Waals surface area contributed by atoms with Crippen LogP contribution < -0.4 is 4.74 Å². The lowest BCUT2D eigenvalue weighted by atomic mass is 9.74. The number of aliphatic hydroxyl groups is 1. The van der Waals surface area contributed by atoms with E-state index in [4.69, 9.17) is 16.3 Å². The number of fused-ring (bicyclic) bond motifs is 1. The summed E-state index contributed by atoms with van der Waals surface area (Å²) in [6, 6.07) is 6.79. The van der Waals surface area contributed by atoms with Crippen molar-refractivity contribution in [1.82, 2.24) is 9.88 Å². The second kappa shape index (κ2) is 12.2. The Morgan fingerprint density at radius 3 is 2.65 bits per heavy atom. The number of hydrogen-bond donors (Lipinski definition) is 1. The molecule has 2 aromatic carbocycles. The fourth-order valence-electron chi connectivity index (χ4n) is 4.85. The zero-order valence-corrected chi connectivity index (χ0v) is 22.0. The number of hydrogen-bond acceptors (Lipinski definition) is 5. The van der Waals surface area contributed by atoms with Crippen molar-refractivity contribution in [2.75, 3.05) is 39.1 Å². The van der Waals surface area contributed by atoms with Crippen molar-refractivity contribution in [1.29, 1.82) is 0 Å². The van der Waals surface area contributed by atoms with Crippen LogP contribution in [0.2, 0.25) is 5.02 Å². The fraction of sp³-hybridized carbons (Fsp3) is 0.444. The van der Waals surface area contributed by atoms with Gasteiger partial charge in [0.25, 0.3) is 0 Å². The van der Waals surface area contributed by atoms with Gasteiger partial charge < -0.3 is 14.7 Å². The van der Waals surface area contributed by atoms with E-state index in [2.05, 4.69) is 9.88 Å². The van der Waals surface area contributed by atoms with Crippen LogP contribution in [0.4, 0.5) is 17.6 Å². The molecule has 0 bridgehead atoms. The Kier molecular flexibility index (Phi) is 9.21. The minimum absolute atomic E-state index is 0.0469. The molecule has 200 valence electrons. The summed E-state index contributed by atoms with van der Waals surface area (Å²) in [4.78, 5) is 6.40. The Labute approximate surface area is 223 Å². The van der Waals surface area contributed by atoms with Crippen molar-refractivity contribution < 1.29 is 27.4 Å². The van der Waals surface area contributed by atoms with Crippen molar-refractivity contribution in [2.24, 2.45) is 5.41 Å². The lowest BCUT2D eigenvalue weighted by molar-refractivity contribution is 0.0323. The topological polar surface area (TPSA) is 45.6 Å². The maximum atomic E-state index is 15.6. The van der Waals surface area contributed by atoms with Crippen LogP contribution in [0.5, 0.6) is 5.75 Å². The Balaban J connectivity index is 1.33. The zero-order chi connectivity index (χ0) is 26.6. The number of piperidine rings is 1. The average molecular weight is 557 g/mol. The first-order chi connectivity index (χ1) is 17.7. The predicted molar refractivity (Wildman–Crippen MR) is 139 cm³/mol. The van der Waals surface area contributed by atoms with Crippen LogP contribution in [0.15, 0.2) is 41.4 Å². The number of rotatable bonds is 10. The maximum Gasteiger partial charge on any atom is 0.172 e. The van der Waals surface area contributed by atoms with Crippen LogP contribution in [-0.2, 0) is 0 Å². The Morgan fingerprint density at radius 1 is 1.19 bits per heavy atom. The highest BCUT2D eigenvalue weighted by atomic mass is 35.5. The van der Waals surface area contributed by atoms with Gasteiger partial charge in [-0.25, -0.2) is 17.6 Å². The first-order valence-corrected chi connectivity index (χ1v) is 13.5. The summed E-state index contributed by atoms with van der Waals surface area (Å²) in [6.07, 6.45) is 2.19. The average Bonchev–Trinajstić information content (AvgIpc) is 2.90. The van der Waals surface area contributed by atoms with Crippen LogP contribution in [0.3, 0.4) is 0 Å². The molecule has 3 aromatic rings. The fourth-order valence-corrected chi connectivity index (χ4v) is 6.11. The number of aliphatic hydroxyl groups excluding tert-OH is 1. The lowest BCUT2D eigenvalue weighted by Crippen LogP contribution is -2.42. The number of thioether (sulfide) groups is 1. The second-order valence-electron chi connectivity index (χ2n) is 9.46. The monoisotopic (exact) mass is 556 g/mol. The third-order valence-corrected chi connectivity index (χ3v) is 8.48. The quantitative estimate of drug-likeness (QED) is 0.166. The first kappa shape index (κ1) is 28.0. The van der Waals surface area contributed by atoms with Crippen LogP contribution in [0.1, 0.15) is 37.4 Å². The normalized spacial score (nSPS) is 16.7. The molecule has 0 spiro atoms. The molecule has 2 heterocycles. The number of alkyl halides is 1. The van der Waals surface area contributed by atoms with Crippen molar-refractivity contribution in [3.05, 3.63) is 64.6 Å². The van der Waals surface area contributed by atoms with Crippen LogP contribution in [-0.4, -0.2) is 54.1 Å². The number of pyridine rings is 1. The zero-order valence-electron chi connectivity index (χ0n) is 20.5. The highest BCUT2D eigenvalue weighted by molar-refractivity contribution is 7.99. The molecule has 1 fully saturated rings. The minimum atomic E-state index is -1.33. The Morgan fingerprint density at radius 2 is 1.95 bits per heavy atom. The van der Waals surface area contributed by atoms with Crippen LogP contribution >= 0.6 is 23.4 Å². The van der Waals surface area contributed by atoms with Crippen molar-refractivity contribution in [3.63, 3.8) is 0 Å². The summed E-state index contributed by atoms with van der Waals surface area (Å²) in [6.45, 7) is 1.94. The van der Waals surface area contributed by atoms with Gasteiger partial charge in [-0.05, 0) is 68.5 Å². The molecule has 1 aliphatic heterocycles. The largest absolute Gasteiger partial charge is 0.497 e. The van der Waals surface area contributed by atoms with Gasteiger partial charge >= 0.3 is 0 Å². The summed E-state index contributed by atoms with van der Waals surface area (Å²) >= 11 is 7.43. The molecular formula is C27H29ClF4N2O2S. The molecule has 1 saturated heterocycles. The van der Waals surface area contributed by atoms with Gasteiger partial charge in [-0.15, -0.1) is 11.8 Å². The Bertz CT molecular complexity index is 1240. The molecular weight excluding hydrogens is 528 g/mol. The number of nitrogens with zero attached hydrogens (tertiary/aromatic N) is 2. The highest BCUT2D eigenvalue weighted by Gasteiger charge is 2.35. The number of halogens is 5. The van der Waals surface area contributed by atoms with Crippen LogP contribution in [0.25, 0.3) is 10.9 Å². The molecule has 4 rings (SSSR count). The van der Waals surface area contributed by atoms with Crippen molar-refractivity contribution in [3.8, 4) is 5.75 Å². The molecule has 0 radical (unpaired) electrons. The van der Waals surface area contributed by atoms with E-state index in [1.54, 1.807) is 25.3 Å². The van der Waals surface area contributed by atoms with E-state index in [1.807, 2.05) is 0 Å². The van der Waals surface area contributed by atoms with E-state index in [1.165, 1.54) is 6.20 Å². The highest BCUT2D eigenvalue weighted by Crippen LogP contribution is 2.42. The molecule has 4 nitrogen and oxygen atoms in total. The number of aromatic nitrogens is 1. The van der Waals surface area contributed by atoms with Gasteiger partial charge in [0.1, 0.15) is 17.7 Å². The van der Waals surface area contributed by atoms with Gasteiger partial charge in [-0.2, -0.15) is 0 Å². The second-order valence-corrected chi connectivity index (χ2v) is 11.0. The number of methoxy groups -OCH3 is 1. The van der Waals surface area contributed by atoms with Gasteiger partial charge in [0.05, 0.1) is 17.6 Å². The number of ether oxygens (including phenoxy) is 1. The van der Waals surface area contributed by atoms with E-state index < -0.39 is 29.0 Å².